The summed E-state index contributed by atoms with van der Waals surface area (Å²) in [5.41, 5.74) is 20.0. The average Bonchev–Trinajstić information content (AvgIpc) is 1.58. The summed E-state index contributed by atoms with van der Waals surface area (Å²) in [6.45, 7) is 19.4. The number of rotatable bonds is 25. The number of aliphatic carboxylic acids is 2. The second-order valence-electron chi connectivity index (χ2n) is 29.2. The maximum Gasteiger partial charge on any atom is 0.304 e. The van der Waals surface area contributed by atoms with E-state index < -0.39 is 56.9 Å². The van der Waals surface area contributed by atoms with Gasteiger partial charge in [-0.25, -0.2) is 0 Å². The van der Waals surface area contributed by atoms with E-state index in [0.29, 0.717) is 32.4 Å². The summed E-state index contributed by atoms with van der Waals surface area (Å²) in [5.74, 6) is -5.38. The highest BCUT2D eigenvalue weighted by Gasteiger charge is 2.63. The summed E-state index contributed by atoms with van der Waals surface area (Å²) < 4.78 is 5.21. The standard InChI is InChI=1S/C20H28N2O4.C18H24N2O5.C11H17N.2C9H13NO5.C9H13N.2CH4/c1-13-6-7-16(9-14(13)2)5-4-8-21-19(23)10-18-17(12-22(25)26)15(3)11-20(18,21)24;1-12-10-18(22)16(15(12)11-20(23)24)9-17(21)19(18)7-6-13-4-3-5-14(8-13)25-2;1-9-5-6-11(4-3-7-12)8-10(9)2;2*1-5-2-8(11)6(3-9(12)13)7(5)4-10(14)15;1-8-3-2-4-9(7-8)5-6-10;;/h6-7,9,15,17-18,24H,4-5,8,10-12H2,1-3H3;3-5,8,12,15-16,22H,6-7,9-11H2,1-2H3;5-6,8H,3-4,7,12H2,1-2H3;2*5-7H,2-4H2,1H3,(H,12,13);2-4,7H,5-6,10H2,1H3;2*1H4/t15-,17+,18?,20?;12-,15+,16?,18?;;2*5-,6-,7+;;;/m00.00.../s1. The lowest BCUT2D eigenvalue weighted by atomic mass is 9.88. The number of benzene rings is 4. The highest BCUT2D eigenvalue weighted by Crippen LogP contribution is 2.53. The Morgan fingerprint density at radius 3 is 1.27 bits per heavy atom. The molecule has 582 valence electrons. The molecule has 0 aromatic heterocycles. The summed E-state index contributed by atoms with van der Waals surface area (Å²) in [5, 5.41) is 82.2. The van der Waals surface area contributed by atoms with E-state index in [1.54, 1.807) is 25.9 Å². The zero-order valence-corrected chi connectivity index (χ0v) is 61.3. The number of aryl methyl sites for hydroxylation is 7. The smallest absolute Gasteiger partial charge is 0.304 e. The van der Waals surface area contributed by atoms with Gasteiger partial charge in [0.2, 0.25) is 38.0 Å². The van der Waals surface area contributed by atoms with E-state index in [9.17, 15) is 79.4 Å². The van der Waals surface area contributed by atoms with Gasteiger partial charge >= 0.3 is 11.9 Å². The van der Waals surface area contributed by atoms with Gasteiger partial charge in [-0.2, -0.15) is 0 Å². The van der Waals surface area contributed by atoms with Crippen LogP contribution in [0.2, 0.25) is 0 Å². The van der Waals surface area contributed by atoms with Crippen molar-refractivity contribution in [1.82, 2.24) is 9.80 Å². The summed E-state index contributed by atoms with van der Waals surface area (Å²) in [6, 6.07) is 29.1. The number of amides is 2. The number of hydrogen-bond donors (Lipinski definition) is 6. The van der Waals surface area contributed by atoms with Crippen molar-refractivity contribution in [3.05, 3.63) is 175 Å². The van der Waals surface area contributed by atoms with Gasteiger partial charge in [0.1, 0.15) is 28.8 Å². The fourth-order valence-electron chi connectivity index (χ4n) is 16.1. The van der Waals surface area contributed by atoms with E-state index >= 15 is 0 Å². The molecule has 14 atom stereocenters. The number of hydrogen-bond acceptors (Lipinski definition) is 19. The molecule has 0 bridgehead atoms. The number of nitrogens with zero attached hydrogens (tertiary/aromatic N) is 6. The number of fused-ring (bicyclic) bond motifs is 2. The Morgan fingerprint density at radius 2 is 0.886 bits per heavy atom. The van der Waals surface area contributed by atoms with Crippen molar-refractivity contribution < 1.29 is 73.6 Å². The third kappa shape index (κ3) is 25.8. The molecular weight excluding hydrogens is 1350 g/mol. The Hall–Kier alpha value is -8.66. The lowest BCUT2D eigenvalue weighted by Crippen LogP contribution is -2.48. The fourth-order valence-corrected chi connectivity index (χ4v) is 16.1. The molecule has 6 aliphatic rings. The number of ether oxygens (including phenoxy) is 1. The van der Waals surface area contributed by atoms with E-state index in [1.807, 2.05) is 38.1 Å². The number of carboxylic acids is 2. The van der Waals surface area contributed by atoms with Gasteiger partial charge in [0, 0.05) is 106 Å². The Labute approximate surface area is 617 Å². The number of carbonyl (C=O) groups is 6. The average molecular weight is 1470 g/mol. The van der Waals surface area contributed by atoms with Crippen molar-refractivity contribution >= 4 is 35.3 Å². The first kappa shape index (κ1) is 90.6. The van der Waals surface area contributed by atoms with Crippen LogP contribution in [0.5, 0.6) is 5.75 Å². The summed E-state index contributed by atoms with van der Waals surface area (Å²) in [6.07, 6.45) is 6.60. The molecule has 0 spiro atoms. The maximum absolute atomic E-state index is 12.5. The molecule has 27 nitrogen and oxygen atoms in total. The van der Waals surface area contributed by atoms with Crippen molar-refractivity contribution in [1.29, 1.82) is 0 Å². The Kier molecular flexibility index (Phi) is 36.1. The largest absolute Gasteiger partial charge is 0.497 e. The second kappa shape index (κ2) is 41.9. The van der Waals surface area contributed by atoms with Crippen LogP contribution in [0.25, 0.3) is 0 Å². The molecule has 2 saturated heterocycles. The lowest BCUT2D eigenvalue weighted by Gasteiger charge is -2.34. The molecule has 6 fully saturated rings. The normalized spacial score (nSPS) is 25.8. The van der Waals surface area contributed by atoms with Crippen LogP contribution in [0.1, 0.15) is 157 Å². The fraction of sp³-hybridized carbons (Fsp3) is 0.615. The molecule has 4 saturated carbocycles. The van der Waals surface area contributed by atoms with Crippen LogP contribution in [-0.2, 0) is 54.5 Å². The quantitative estimate of drug-likeness (QED) is 0.0265. The SMILES string of the molecule is C.C.COc1cccc(CCN2C(=O)CC3[C@H](C[N+](=O)[O-])[C@@H](C)CC32O)c1.C[C@H]1CC(=O)[C@@H](CC(=O)O)[C@@H]1C[N+](=O)[O-].C[C@H]1CC(=O)[C@@H](CC(=O)O)[C@@H]1C[N+](=O)[O-].Cc1ccc(CCCN)cc1C.Cc1ccc(CCCN2C(=O)CC3[C@H](C[N+](=O)[O-])[C@@H](C)CC32O)cc1C.Cc1cccc(CCN)c1. The molecule has 105 heavy (non-hydrogen) atoms. The first-order valence-electron chi connectivity index (χ1n) is 35.7. The molecule has 0 radical (unpaired) electrons. The predicted octanol–water partition coefficient (Wildman–Crippen LogP) is 10.5. The molecule has 4 aliphatic carbocycles. The number of likely N-dealkylation sites (tertiary alicyclic amines) is 2. The van der Waals surface area contributed by atoms with E-state index in [1.165, 1.54) is 49.4 Å². The number of Topliss-reactive ketones (excluding diaryl/α,β-unsaturated/α-hetero) is 2. The van der Waals surface area contributed by atoms with Crippen LogP contribution >= 0.6 is 0 Å². The van der Waals surface area contributed by atoms with E-state index in [2.05, 4.69) is 95.3 Å². The van der Waals surface area contributed by atoms with Crippen molar-refractivity contribution in [2.75, 3.05) is 59.5 Å². The minimum absolute atomic E-state index is 0. The van der Waals surface area contributed by atoms with E-state index in [-0.39, 0.29) is 160 Å². The summed E-state index contributed by atoms with van der Waals surface area (Å²) in [7, 11) is 1.60. The number of aliphatic hydroxyl groups is 2. The van der Waals surface area contributed by atoms with Crippen LogP contribution in [0.4, 0.5) is 0 Å². The lowest BCUT2D eigenvalue weighted by molar-refractivity contribution is -0.491. The third-order valence-electron chi connectivity index (χ3n) is 21.8. The molecule has 4 aromatic carbocycles. The van der Waals surface area contributed by atoms with Gasteiger partial charge in [0.25, 0.3) is 0 Å². The third-order valence-corrected chi connectivity index (χ3v) is 21.8. The van der Waals surface area contributed by atoms with Gasteiger partial charge in [-0.3, -0.25) is 69.2 Å². The molecule has 2 aliphatic heterocycles. The molecule has 2 amide bonds. The number of carbonyl (C=O) groups excluding carboxylic acids is 4. The molecule has 4 aromatic rings. The van der Waals surface area contributed by atoms with Gasteiger partial charge in [0.05, 0.1) is 20.0 Å². The highest BCUT2D eigenvalue weighted by atomic mass is 16.6. The molecule has 2 heterocycles. The Bertz CT molecular complexity index is 3550. The van der Waals surface area contributed by atoms with E-state index in [0.717, 1.165) is 56.5 Å². The van der Waals surface area contributed by atoms with Crippen LogP contribution in [0.15, 0.2) is 84.9 Å². The van der Waals surface area contributed by atoms with Crippen LogP contribution in [-0.4, -0.2) is 156 Å². The van der Waals surface area contributed by atoms with Gasteiger partial charge in [-0.05, 0) is 179 Å². The highest BCUT2D eigenvalue weighted by molar-refractivity contribution is 5.88. The van der Waals surface area contributed by atoms with E-state index in [4.69, 9.17) is 26.4 Å². The Morgan fingerprint density at radius 1 is 0.495 bits per heavy atom. The molecule has 10 rings (SSSR count). The van der Waals surface area contributed by atoms with Crippen LogP contribution in [0.3, 0.4) is 0 Å². The topological polar surface area (TPSA) is 424 Å². The maximum atomic E-state index is 12.5. The number of carboxylic acid groups (broad SMARTS) is 2. The number of methoxy groups -OCH3 is 1. The van der Waals surface area contributed by atoms with Gasteiger partial charge < -0.3 is 46.4 Å². The van der Waals surface area contributed by atoms with Gasteiger partial charge in [-0.1, -0.05) is 121 Å². The molecular formula is C78H116N8O19. The monoisotopic (exact) mass is 1470 g/mol. The van der Waals surface area contributed by atoms with Crippen LogP contribution < -0.4 is 16.2 Å². The molecule has 8 N–H and O–H groups in total. The summed E-state index contributed by atoms with van der Waals surface area (Å²) in [4.78, 5) is 113. The second-order valence-corrected chi connectivity index (χ2v) is 29.2. The van der Waals surface area contributed by atoms with Gasteiger partial charge in [0.15, 0.2) is 0 Å². The minimum Gasteiger partial charge on any atom is -0.497 e. The number of ketones is 2. The zero-order valence-electron chi connectivity index (χ0n) is 61.3. The first-order chi connectivity index (χ1) is 48.5. The number of nitro groups is 4. The van der Waals surface area contributed by atoms with Crippen molar-refractivity contribution in [3.8, 4) is 5.75 Å². The summed E-state index contributed by atoms with van der Waals surface area (Å²) >= 11 is 0. The van der Waals surface area contributed by atoms with Crippen molar-refractivity contribution in [3.63, 3.8) is 0 Å². The van der Waals surface area contributed by atoms with Crippen molar-refractivity contribution in [2.45, 2.75) is 179 Å². The Balaban J connectivity index is 0.000000337. The molecule has 4 unspecified atom stereocenters. The van der Waals surface area contributed by atoms with Crippen LogP contribution in [0, 0.1) is 146 Å². The molecule has 27 heteroatoms. The first-order valence-corrected chi connectivity index (χ1v) is 35.7. The zero-order chi connectivity index (χ0) is 76.8. The van der Waals surface area contributed by atoms with Crippen molar-refractivity contribution in [2.24, 2.45) is 82.5 Å². The minimum atomic E-state index is -1.25. The number of nitrogens with two attached hydrogens (primary N) is 2. The van der Waals surface area contributed by atoms with Gasteiger partial charge in [-0.15, -0.1) is 0 Å². The predicted molar refractivity (Wildman–Crippen MR) is 399 cm³/mol.